The minimum absolute atomic E-state index is 0.00537. The Morgan fingerprint density at radius 3 is 2.87 bits per heavy atom. The molecule has 0 bridgehead atoms. The lowest BCUT2D eigenvalue weighted by molar-refractivity contribution is -0.124. The molecule has 2 amide bonds. The van der Waals surface area contributed by atoms with Crippen molar-refractivity contribution in [2.75, 3.05) is 5.32 Å². The number of hydrogen-bond donors (Lipinski definition) is 3. The lowest BCUT2D eigenvalue weighted by atomic mass is 9.89. The topological polar surface area (TPSA) is 78.4 Å². The van der Waals surface area contributed by atoms with Crippen molar-refractivity contribution >= 4 is 17.5 Å². The van der Waals surface area contributed by atoms with Gasteiger partial charge in [0, 0.05) is 18.0 Å². The number of benzene rings is 1. The third-order valence-electron chi connectivity index (χ3n) is 4.91. The van der Waals surface area contributed by atoms with Crippen LogP contribution in [0.1, 0.15) is 44.1 Å². The number of aliphatic hydroxyl groups is 1. The van der Waals surface area contributed by atoms with Crippen LogP contribution >= 0.6 is 0 Å². The van der Waals surface area contributed by atoms with Crippen molar-refractivity contribution < 1.29 is 14.7 Å². The van der Waals surface area contributed by atoms with Gasteiger partial charge in [0.15, 0.2) is 0 Å². The van der Waals surface area contributed by atoms with Crippen molar-refractivity contribution in [3.8, 4) is 0 Å². The van der Waals surface area contributed by atoms with Gasteiger partial charge < -0.3 is 15.7 Å². The maximum atomic E-state index is 12.1. The Kier molecular flexibility index (Phi) is 4.96. The van der Waals surface area contributed by atoms with E-state index in [1.54, 1.807) is 0 Å². The van der Waals surface area contributed by atoms with E-state index in [4.69, 9.17) is 0 Å². The van der Waals surface area contributed by atoms with Crippen LogP contribution in [0.4, 0.5) is 5.69 Å². The minimum atomic E-state index is -0.433. The molecule has 5 nitrogen and oxygen atoms in total. The Balaban J connectivity index is 1.50. The van der Waals surface area contributed by atoms with Crippen LogP contribution in [0.5, 0.6) is 0 Å². The highest BCUT2D eigenvalue weighted by atomic mass is 16.3. The number of carbonyl (C=O) groups is 2. The summed E-state index contributed by atoms with van der Waals surface area (Å²) in [5.74, 6) is -0.233. The largest absolute Gasteiger partial charge is 0.391 e. The first kappa shape index (κ1) is 16.0. The normalized spacial score (nSPS) is 27.0. The van der Waals surface area contributed by atoms with E-state index in [9.17, 15) is 14.7 Å². The molecule has 1 aliphatic heterocycles. The summed E-state index contributed by atoms with van der Waals surface area (Å²) in [6.45, 7) is 0. The van der Waals surface area contributed by atoms with Gasteiger partial charge in [-0.2, -0.15) is 0 Å². The lowest BCUT2D eigenvalue weighted by Gasteiger charge is -2.29. The summed E-state index contributed by atoms with van der Waals surface area (Å²) in [6, 6.07) is 7.66. The summed E-state index contributed by atoms with van der Waals surface area (Å²) in [5.41, 5.74) is 2.00. The molecule has 1 heterocycles. The summed E-state index contributed by atoms with van der Waals surface area (Å²) >= 11 is 0. The predicted molar refractivity (Wildman–Crippen MR) is 87.9 cm³/mol. The molecule has 1 saturated carbocycles. The number of anilines is 1. The Morgan fingerprint density at radius 1 is 1.26 bits per heavy atom. The zero-order valence-electron chi connectivity index (χ0n) is 13.3. The summed E-state index contributed by atoms with van der Waals surface area (Å²) in [5, 5.41) is 15.7. The molecule has 3 atom stereocenters. The maximum absolute atomic E-state index is 12.1. The van der Waals surface area contributed by atoms with Crippen LogP contribution in [0.15, 0.2) is 24.3 Å². The number of para-hydroxylation sites is 1. The molecule has 1 aliphatic carbocycles. The zero-order chi connectivity index (χ0) is 16.2. The third-order valence-corrected chi connectivity index (χ3v) is 4.91. The molecule has 1 aromatic rings. The summed E-state index contributed by atoms with van der Waals surface area (Å²) in [4.78, 5) is 24.2. The van der Waals surface area contributed by atoms with Crippen molar-refractivity contribution in [1.29, 1.82) is 0 Å². The first-order chi connectivity index (χ1) is 11.1. The molecule has 3 rings (SSSR count). The molecule has 2 aliphatic rings. The Bertz CT molecular complexity index is 587. The van der Waals surface area contributed by atoms with Crippen molar-refractivity contribution in [2.24, 2.45) is 5.92 Å². The fraction of sp³-hybridized carbons (Fsp3) is 0.556. The number of aliphatic hydroxyl groups excluding tert-OH is 1. The van der Waals surface area contributed by atoms with Crippen molar-refractivity contribution in [3.05, 3.63) is 29.8 Å². The van der Waals surface area contributed by atoms with Crippen LogP contribution in [0, 0.1) is 5.92 Å². The Hall–Kier alpha value is -1.88. The molecule has 0 aromatic heterocycles. The van der Waals surface area contributed by atoms with Crippen molar-refractivity contribution in [2.45, 2.75) is 57.1 Å². The average Bonchev–Trinajstić information content (AvgIpc) is 2.55. The van der Waals surface area contributed by atoms with Crippen LogP contribution in [-0.2, 0) is 16.0 Å². The molecule has 3 unspecified atom stereocenters. The van der Waals surface area contributed by atoms with Gasteiger partial charge in [-0.25, -0.2) is 0 Å². The molecular formula is C18H24N2O3. The van der Waals surface area contributed by atoms with Crippen LogP contribution in [-0.4, -0.2) is 29.1 Å². The SMILES string of the molecule is O=C(CCC1Cc2ccccc2NC1=O)NC1CCCCC1O. The molecule has 124 valence electrons. The second-order valence-electron chi connectivity index (χ2n) is 6.61. The maximum Gasteiger partial charge on any atom is 0.227 e. The van der Waals surface area contributed by atoms with Crippen LogP contribution in [0.25, 0.3) is 0 Å². The second kappa shape index (κ2) is 7.13. The molecule has 1 aromatic carbocycles. The van der Waals surface area contributed by atoms with E-state index in [-0.39, 0.29) is 23.8 Å². The van der Waals surface area contributed by atoms with Gasteiger partial charge >= 0.3 is 0 Å². The third kappa shape index (κ3) is 3.91. The quantitative estimate of drug-likeness (QED) is 0.795. The number of nitrogens with one attached hydrogen (secondary N) is 2. The van der Waals surface area contributed by atoms with Gasteiger partial charge in [0.25, 0.3) is 0 Å². The molecular weight excluding hydrogens is 292 g/mol. The van der Waals surface area contributed by atoms with E-state index in [1.165, 1.54) is 0 Å². The molecule has 0 spiro atoms. The summed E-state index contributed by atoms with van der Waals surface area (Å²) in [7, 11) is 0. The number of amides is 2. The fourth-order valence-corrected chi connectivity index (χ4v) is 3.51. The van der Waals surface area contributed by atoms with E-state index in [0.29, 0.717) is 19.3 Å². The number of fused-ring (bicyclic) bond motifs is 1. The number of rotatable bonds is 4. The second-order valence-corrected chi connectivity index (χ2v) is 6.61. The van der Waals surface area contributed by atoms with Crippen LogP contribution in [0.2, 0.25) is 0 Å². The highest BCUT2D eigenvalue weighted by Gasteiger charge is 2.28. The van der Waals surface area contributed by atoms with Gasteiger partial charge in [-0.15, -0.1) is 0 Å². The van der Waals surface area contributed by atoms with E-state index in [1.807, 2.05) is 24.3 Å². The number of hydrogen-bond acceptors (Lipinski definition) is 3. The monoisotopic (exact) mass is 316 g/mol. The molecule has 1 fully saturated rings. The van der Waals surface area contributed by atoms with Gasteiger partial charge in [0.1, 0.15) is 0 Å². The first-order valence-corrected chi connectivity index (χ1v) is 8.49. The molecule has 23 heavy (non-hydrogen) atoms. The molecule has 3 N–H and O–H groups in total. The van der Waals surface area contributed by atoms with E-state index in [0.717, 1.165) is 36.9 Å². The van der Waals surface area contributed by atoms with Gasteiger partial charge in [-0.1, -0.05) is 31.0 Å². The standard InChI is InChI=1S/C18H24N2O3/c21-16-8-4-3-7-15(16)19-17(22)10-9-13-11-12-5-1-2-6-14(12)20-18(13)23/h1-2,5-6,13,15-16,21H,3-4,7-11H2,(H,19,22)(H,20,23). The Labute approximate surface area is 136 Å². The van der Waals surface area contributed by atoms with Gasteiger partial charge in [-0.3, -0.25) is 9.59 Å². The molecule has 0 saturated heterocycles. The number of carbonyl (C=O) groups excluding carboxylic acids is 2. The zero-order valence-corrected chi connectivity index (χ0v) is 13.3. The van der Waals surface area contributed by atoms with E-state index < -0.39 is 6.10 Å². The summed E-state index contributed by atoms with van der Waals surface area (Å²) < 4.78 is 0. The van der Waals surface area contributed by atoms with Crippen molar-refractivity contribution in [3.63, 3.8) is 0 Å². The van der Waals surface area contributed by atoms with E-state index in [2.05, 4.69) is 10.6 Å². The van der Waals surface area contributed by atoms with Crippen molar-refractivity contribution in [1.82, 2.24) is 5.32 Å². The predicted octanol–water partition coefficient (Wildman–Crippen LogP) is 2.00. The van der Waals surface area contributed by atoms with E-state index >= 15 is 0 Å². The van der Waals surface area contributed by atoms with Gasteiger partial charge in [0.05, 0.1) is 12.1 Å². The van der Waals surface area contributed by atoms with Crippen LogP contribution < -0.4 is 10.6 Å². The first-order valence-electron chi connectivity index (χ1n) is 8.49. The highest BCUT2D eigenvalue weighted by Crippen LogP contribution is 2.27. The van der Waals surface area contributed by atoms with Gasteiger partial charge in [-0.05, 0) is 37.3 Å². The summed E-state index contributed by atoms with van der Waals surface area (Å²) in [6.07, 6.45) is 4.77. The fourth-order valence-electron chi connectivity index (χ4n) is 3.51. The lowest BCUT2D eigenvalue weighted by Crippen LogP contribution is -2.45. The van der Waals surface area contributed by atoms with Crippen LogP contribution in [0.3, 0.4) is 0 Å². The smallest absolute Gasteiger partial charge is 0.227 e. The highest BCUT2D eigenvalue weighted by molar-refractivity contribution is 5.96. The minimum Gasteiger partial charge on any atom is -0.391 e. The molecule has 0 radical (unpaired) electrons. The van der Waals surface area contributed by atoms with Gasteiger partial charge in [0.2, 0.25) is 11.8 Å². The molecule has 5 heteroatoms. The average molecular weight is 316 g/mol. The Morgan fingerprint density at radius 2 is 2.04 bits per heavy atom.